The lowest BCUT2D eigenvalue weighted by atomic mass is 9.61. The van der Waals surface area contributed by atoms with Crippen molar-refractivity contribution in [1.82, 2.24) is 0 Å². The van der Waals surface area contributed by atoms with E-state index in [4.69, 9.17) is 16.9 Å². The van der Waals surface area contributed by atoms with Crippen LogP contribution in [0.3, 0.4) is 0 Å². The van der Waals surface area contributed by atoms with Crippen molar-refractivity contribution >= 4 is 11.6 Å². The fourth-order valence-corrected chi connectivity index (χ4v) is 3.80. The van der Waals surface area contributed by atoms with Gasteiger partial charge in [-0.25, -0.2) is 0 Å². The molecule has 1 saturated carbocycles. The van der Waals surface area contributed by atoms with Crippen LogP contribution in [-0.4, -0.2) is 4.87 Å². The topological polar surface area (TPSA) is 23.8 Å². The lowest BCUT2D eigenvalue weighted by Crippen LogP contribution is -2.41. The third-order valence-electron chi connectivity index (χ3n) is 2.67. The van der Waals surface area contributed by atoms with Gasteiger partial charge in [0.05, 0.1) is 6.07 Å². The summed E-state index contributed by atoms with van der Waals surface area (Å²) >= 11 is 6.27. The van der Waals surface area contributed by atoms with Gasteiger partial charge in [0.15, 0.2) is 0 Å². The van der Waals surface area contributed by atoms with Crippen LogP contribution in [0.4, 0.5) is 0 Å². The molecule has 0 spiro atoms. The Hall–Kier alpha value is -0.220. The van der Waals surface area contributed by atoms with Crippen LogP contribution in [0, 0.1) is 22.2 Å². The molecule has 0 aromatic rings. The minimum atomic E-state index is -0.634. The van der Waals surface area contributed by atoms with Gasteiger partial charge < -0.3 is 0 Å². The highest BCUT2D eigenvalue weighted by molar-refractivity contribution is 6.25. The van der Waals surface area contributed by atoms with E-state index in [1.54, 1.807) is 0 Å². The van der Waals surface area contributed by atoms with Gasteiger partial charge in [0, 0.05) is 0 Å². The van der Waals surface area contributed by atoms with E-state index in [9.17, 15) is 0 Å². The predicted octanol–water partition coefficient (Wildman–Crippen LogP) is 3.72. The zero-order chi connectivity index (χ0) is 10.3. The molecule has 0 heterocycles. The first-order valence-corrected chi connectivity index (χ1v) is 5.16. The highest BCUT2D eigenvalue weighted by Crippen LogP contribution is 2.52. The third kappa shape index (κ3) is 2.61. The molecule has 1 aliphatic rings. The lowest BCUT2D eigenvalue weighted by molar-refractivity contribution is 0.0997. The zero-order valence-corrected chi connectivity index (χ0v) is 9.70. The molecule has 1 rings (SSSR count). The summed E-state index contributed by atoms with van der Waals surface area (Å²) in [5, 5.41) is 9.03. The molecule has 1 nitrogen and oxygen atoms in total. The van der Waals surface area contributed by atoms with E-state index in [2.05, 4.69) is 33.8 Å². The van der Waals surface area contributed by atoms with Crippen LogP contribution >= 0.6 is 11.6 Å². The van der Waals surface area contributed by atoms with Crippen LogP contribution in [0.1, 0.15) is 47.0 Å². The Morgan fingerprint density at radius 2 is 1.38 bits per heavy atom. The van der Waals surface area contributed by atoms with E-state index in [0.717, 1.165) is 19.3 Å². The number of halogens is 1. The second kappa shape index (κ2) is 2.89. The molecule has 0 aromatic heterocycles. The van der Waals surface area contributed by atoms with Crippen LogP contribution in [-0.2, 0) is 0 Å². The second-order valence-corrected chi connectivity index (χ2v) is 6.66. The minimum Gasteiger partial charge on any atom is -0.196 e. The Morgan fingerprint density at radius 1 is 1.00 bits per heavy atom. The number of rotatable bonds is 0. The molecule has 1 fully saturated rings. The van der Waals surface area contributed by atoms with Crippen molar-refractivity contribution in [3.63, 3.8) is 0 Å². The monoisotopic (exact) mass is 199 g/mol. The quantitative estimate of drug-likeness (QED) is 0.546. The van der Waals surface area contributed by atoms with E-state index in [-0.39, 0.29) is 10.8 Å². The molecular weight excluding hydrogens is 182 g/mol. The number of nitrogens with zero attached hydrogens (tertiary/aromatic N) is 1. The maximum atomic E-state index is 9.03. The van der Waals surface area contributed by atoms with Crippen molar-refractivity contribution in [3.8, 4) is 6.07 Å². The van der Waals surface area contributed by atoms with Gasteiger partial charge in [-0.2, -0.15) is 5.26 Å². The molecule has 2 heteroatoms. The fraction of sp³-hybridized carbons (Fsp3) is 0.909. The van der Waals surface area contributed by atoms with Crippen molar-refractivity contribution in [2.75, 3.05) is 0 Å². The summed E-state index contributed by atoms with van der Waals surface area (Å²) in [4.78, 5) is -0.634. The Kier molecular flexibility index (Phi) is 2.41. The summed E-state index contributed by atoms with van der Waals surface area (Å²) in [7, 11) is 0. The first-order chi connectivity index (χ1) is 5.68. The largest absolute Gasteiger partial charge is 0.196 e. The first-order valence-electron chi connectivity index (χ1n) is 4.78. The summed E-state index contributed by atoms with van der Waals surface area (Å²) in [5.74, 6) is 0. The van der Waals surface area contributed by atoms with Gasteiger partial charge in [-0.05, 0) is 30.1 Å². The maximum Gasteiger partial charge on any atom is 0.132 e. The van der Waals surface area contributed by atoms with Crippen molar-refractivity contribution in [2.24, 2.45) is 10.8 Å². The molecule has 0 bridgehead atoms. The molecule has 0 aromatic carbocycles. The molecule has 0 N–H and O–H groups in total. The number of hydrogen-bond donors (Lipinski definition) is 0. The molecule has 0 atom stereocenters. The van der Waals surface area contributed by atoms with Crippen LogP contribution in [0.25, 0.3) is 0 Å². The van der Waals surface area contributed by atoms with E-state index in [0.29, 0.717) is 0 Å². The van der Waals surface area contributed by atoms with Gasteiger partial charge in [0.1, 0.15) is 4.87 Å². The summed E-state index contributed by atoms with van der Waals surface area (Å²) in [6, 6.07) is 2.26. The average Bonchev–Trinajstić information content (AvgIpc) is 1.79. The van der Waals surface area contributed by atoms with Crippen LogP contribution in [0.15, 0.2) is 0 Å². The lowest BCUT2D eigenvalue weighted by Gasteiger charge is -2.46. The van der Waals surface area contributed by atoms with Gasteiger partial charge in [-0.15, -0.1) is 11.6 Å². The van der Waals surface area contributed by atoms with Crippen LogP contribution < -0.4 is 0 Å². The Morgan fingerprint density at radius 3 is 1.69 bits per heavy atom. The molecule has 0 unspecified atom stereocenters. The molecule has 74 valence electrons. The smallest absolute Gasteiger partial charge is 0.132 e. The summed E-state index contributed by atoms with van der Waals surface area (Å²) in [6.45, 7) is 8.79. The molecule has 0 aliphatic heterocycles. The second-order valence-electron chi connectivity index (χ2n) is 5.94. The third-order valence-corrected chi connectivity index (χ3v) is 3.03. The SMILES string of the molecule is CC1(C)CC(C)(C)CC(Cl)(C#N)C1. The number of hydrogen-bond acceptors (Lipinski definition) is 1. The molecule has 0 saturated heterocycles. The van der Waals surface area contributed by atoms with Crippen molar-refractivity contribution in [3.05, 3.63) is 0 Å². The summed E-state index contributed by atoms with van der Waals surface area (Å²) < 4.78 is 0. The molecule has 0 radical (unpaired) electrons. The van der Waals surface area contributed by atoms with E-state index in [1.807, 2.05) is 0 Å². The van der Waals surface area contributed by atoms with Gasteiger partial charge in [-0.1, -0.05) is 27.7 Å². The Balaban J connectivity index is 2.92. The number of nitriles is 1. The molecular formula is C11H18ClN. The summed E-state index contributed by atoms with van der Waals surface area (Å²) in [5.41, 5.74) is 0.387. The Bertz CT molecular complexity index is 231. The first kappa shape index (κ1) is 10.9. The normalized spacial score (nSPS) is 29.2. The highest BCUT2D eigenvalue weighted by atomic mass is 35.5. The molecule has 13 heavy (non-hydrogen) atoms. The van der Waals surface area contributed by atoms with Crippen LogP contribution in [0.2, 0.25) is 0 Å². The Labute approximate surface area is 86.1 Å². The molecule has 1 aliphatic carbocycles. The maximum absolute atomic E-state index is 9.03. The zero-order valence-electron chi connectivity index (χ0n) is 8.95. The van der Waals surface area contributed by atoms with Gasteiger partial charge >= 0.3 is 0 Å². The molecule has 0 amide bonds. The van der Waals surface area contributed by atoms with E-state index >= 15 is 0 Å². The summed E-state index contributed by atoms with van der Waals surface area (Å²) in [6.07, 6.45) is 2.76. The van der Waals surface area contributed by atoms with Crippen molar-refractivity contribution < 1.29 is 0 Å². The van der Waals surface area contributed by atoms with E-state index in [1.165, 1.54) is 0 Å². The van der Waals surface area contributed by atoms with Gasteiger partial charge in [-0.3, -0.25) is 0 Å². The van der Waals surface area contributed by atoms with E-state index < -0.39 is 4.87 Å². The average molecular weight is 200 g/mol. The van der Waals surface area contributed by atoms with Crippen LogP contribution in [0.5, 0.6) is 0 Å². The van der Waals surface area contributed by atoms with Crippen molar-refractivity contribution in [2.45, 2.75) is 51.8 Å². The minimum absolute atomic E-state index is 0.194. The van der Waals surface area contributed by atoms with Gasteiger partial charge in [0.25, 0.3) is 0 Å². The van der Waals surface area contributed by atoms with Gasteiger partial charge in [0.2, 0.25) is 0 Å². The fourth-order valence-electron chi connectivity index (χ4n) is 3.08. The van der Waals surface area contributed by atoms with Crippen molar-refractivity contribution in [1.29, 1.82) is 5.26 Å². The standard InChI is InChI=1S/C11H18ClN/c1-9(2)5-10(3,4)7-11(12,6-9)8-13/h5-7H2,1-4H3. The predicted molar refractivity (Wildman–Crippen MR) is 55.6 cm³/mol. The highest BCUT2D eigenvalue weighted by Gasteiger charge is 2.46. The number of alkyl halides is 1.